The van der Waals surface area contributed by atoms with Crippen molar-refractivity contribution in [2.24, 2.45) is 4.99 Å². The molecule has 0 radical (unpaired) electrons. The molecule has 33 heavy (non-hydrogen) atoms. The van der Waals surface area contributed by atoms with Crippen molar-refractivity contribution < 1.29 is 14.8 Å². The molecule has 2 amide bonds. The lowest BCUT2D eigenvalue weighted by atomic mass is 10.1. The number of para-hydroxylation sites is 2. The Hall–Kier alpha value is -4.78. The number of fused-ring (bicyclic) bond motifs is 2. The van der Waals surface area contributed by atoms with Crippen LogP contribution in [0, 0.1) is 0 Å². The lowest BCUT2D eigenvalue weighted by Crippen LogP contribution is -2.21. The van der Waals surface area contributed by atoms with E-state index in [1.165, 1.54) is 6.07 Å². The van der Waals surface area contributed by atoms with Crippen LogP contribution in [0.2, 0.25) is 0 Å². The molecule has 1 aliphatic heterocycles. The predicted molar refractivity (Wildman–Crippen MR) is 124 cm³/mol. The lowest BCUT2D eigenvalue weighted by molar-refractivity contribution is 0.0994. The van der Waals surface area contributed by atoms with E-state index in [4.69, 9.17) is 0 Å². The van der Waals surface area contributed by atoms with Crippen molar-refractivity contribution >= 4 is 28.5 Å². The second kappa shape index (κ2) is 8.39. The summed E-state index contributed by atoms with van der Waals surface area (Å²) in [6.45, 7) is 0. The van der Waals surface area contributed by atoms with Gasteiger partial charge < -0.3 is 10.5 Å². The first kappa shape index (κ1) is 20.1. The first-order valence-corrected chi connectivity index (χ1v) is 10.3. The monoisotopic (exact) mass is 434 g/mol. The van der Waals surface area contributed by atoms with Crippen molar-refractivity contribution in [2.75, 3.05) is 5.32 Å². The lowest BCUT2D eigenvalue weighted by Gasteiger charge is -2.15. The quantitative estimate of drug-likeness (QED) is 0.325. The molecule has 3 aromatic rings. The molecular weight excluding hydrogens is 416 g/mol. The molecule has 160 valence electrons. The fourth-order valence-corrected chi connectivity index (χ4v) is 3.55. The number of amides is 2. The van der Waals surface area contributed by atoms with Gasteiger partial charge >= 0.3 is 0 Å². The number of anilines is 1. The molecule has 0 aromatic heterocycles. The third-order valence-corrected chi connectivity index (χ3v) is 5.20. The van der Waals surface area contributed by atoms with Gasteiger partial charge in [-0.15, -0.1) is 0 Å². The maximum Gasteiger partial charge on any atom is 0.277 e. The molecule has 0 bridgehead atoms. The molecule has 2 N–H and O–H groups in total. The van der Waals surface area contributed by atoms with E-state index < -0.39 is 5.91 Å². The third-order valence-electron chi connectivity index (χ3n) is 5.20. The van der Waals surface area contributed by atoms with Crippen LogP contribution in [0.25, 0.3) is 22.4 Å². The highest BCUT2D eigenvalue weighted by Gasteiger charge is 2.17. The summed E-state index contributed by atoms with van der Waals surface area (Å²) >= 11 is 0. The molecule has 1 aliphatic carbocycles. The molecule has 0 saturated heterocycles. The molecule has 0 atom stereocenters. The van der Waals surface area contributed by atoms with Crippen molar-refractivity contribution in [3.8, 4) is 11.4 Å². The minimum absolute atomic E-state index is 0.209. The molecule has 2 aliphatic rings. The first-order valence-electron chi connectivity index (χ1n) is 10.3. The molecule has 7 nitrogen and oxygen atoms in total. The summed E-state index contributed by atoms with van der Waals surface area (Å²) < 4.78 is 1.01. The highest BCUT2D eigenvalue weighted by Crippen LogP contribution is 2.25. The number of hydrogen-bond donors (Lipinski definition) is 2. The van der Waals surface area contributed by atoms with Crippen LogP contribution >= 0.6 is 0 Å². The van der Waals surface area contributed by atoms with Gasteiger partial charge in [0.1, 0.15) is 11.2 Å². The molecule has 1 heterocycles. The molecule has 0 fully saturated rings. The minimum atomic E-state index is -0.469. The number of aromatic nitrogens is 2. The van der Waals surface area contributed by atoms with Crippen LogP contribution < -0.4 is 10.7 Å². The maximum absolute atomic E-state index is 12.8. The average Bonchev–Trinajstić information content (AvgIpc) is 2.86. The Morgan fingerprint density at radius 2 is 1.45 bits per heavy atom. The molecule has 0 spiro atoms. The smallest absolute Gasteiger partial charge is 0.277 e. The van der Waals surface area contributed by atoms with Gasteiger partial charge in [0.15, 0.2) is 0 Å². The van der Waals surface area contributed by atoms with Crippen LogP contribution in [0.3, 0.4) is 0 Å². The number of nitrogens with zero attached hydrogens (tertiary/aromatic N) is 3. The Kier molecular flexibility index (Phi) is 5.12. The van der Waals surface area contributed by atoms with Crippen LogP contribution in [-0.4, -0.2) is 26.7 Å². The SMILES string of the molecule is O=C(N=c1cc2n(O)c3ccccc3nc-2cc1NC(=O)c1ccccc1)c1ccccc1. The fraction of sp³-hybridized carbons (Fsp3) is 0. The first-order chi connectivity index (χ1) is 16.1. The van der Waals surface area contributed by atoms with Gasteiger partial charge in [0.25, 0.3) is 11.8 Å². The standard InChI is InChI=1S/C26H18N4O3/c31-25(17-9-3-1-4-10-17)28-20-15-22-24(30(33)23-14-8-7-13-19(23)27-22)16-21(20)29-26(32)18-11-5-2-6-12-18/h1-16,33H,(H,28,31). The van der Waals surface area contributed by atoms with E-state index in [2.05, 4.69) is 15.3 Å². The van der Waals surface area contributed by atoms with E-state index in [1.807, 2.05) is 18.2 Å². The molecule has 5 rings (SSSR count). The van der Waals surface area contributed by atoms with Crippen LogP contribution in [-0.2, 0) is 0 Å². The Morgan fingerprint density at radius 3 is 2.18 bits per heavy atom. The summed E-state index contributed by atoms with van der Waals surface area (Å²) in [6, 6.07) is 27.6. The van der Waals surface area contributed by atoms with Crippen LogP contribution in [0.15, 0.2) is 102 Å². The summed E-state index contributed by atoms with van der Waals surface area (Å²) in [5.74, 6) is -0.820. The van der Waals surface area contributed by atoms with E-state index >= 15 is 0 Å². The summed E-state index contributed by atoms with van der Waals surface area (Å²) in [5, 5.41) is 13.8. The van der Waals surface area contributed by atoms with Gasteiger partial charge in [0.2, 0.25) is 0 Å². The van der Waals surface area contributed by atoms with E-state index in [1.54, 1.807) is 72.8 Å². The summed E-state index contributed by atoms with van der Waals surface area (Å²) in [7, 11) is 0. The normalized spacial score (nSPS) is 11.6. The highest BCUT2D eigenvalue weighted by atomic mass is 16.5. The van der Waals surface area contributed by atoms with Gasteiger partial charge in [0.05, 0.1) is 22.3 Å². The largest absolute Gasteiger partial charge is 0.428 e. The second-order valence-corrected chi connectivity index (χ2v) is 7.37. The zero-order valence-corrected chi connectivity index (χ0v) is 17.3. The molecule has 7 heteroatoms. The molecular formula is C26H18N4O3. The zero-order chi connectivity index (χ0) is 22.8. The maximum atomic E-state index is 12.8. The Bertz CT molecular complexity index is 1530. The van der Waals surface area contributed by atoms with E-state index in [0.717, 1.165) is 4.73 Å². The summed E-state index contributed by atoms with van der Waals surface area (Å²) in [4.78, 5) is 34.5. The Morgan fingerprint density at radius 1 is 0.818 bits per heavy atom. The predicted octanol–water partition coefficient (Wildman–Crippen LogP) is 4.37. The average molecular weight is 434 g/mol. The van der Waals surface area contributed by atoms with Crippen molar-refractivity contribution in [3.63, 3.8) is 0 Å². The minimum Gasteiger partial charge on any atom is -0.428 e. The van der Waals surface area contributed by atoms with Gasteiger partial charge in [-0.25, -0.2) is 9.98 Å². The zero-order valence-electron chi connectivity index (χ0n) is 17.3. The second-order valence-electron chi connectivity index (χ2n) is 7.37. The van der Waals surface area contributed by atoms with E-state index in [9.17, 15) is 14.8 Å². The number of hydrogen-bond acceptors (Lipinski definition) is 4. The van der Waals surface area contributed by atoms with Crippen molar-refractivity contribution in [1.29, 1.82) is 0 Å². The van der Waals surface area contributed by atoms with Gasteiger partial charge in [-0.05, 0) is 48.5 Å². The van der Waals surface area contributed by atoms with Crippen LogP contribution in [0.5, 0.6) is 0 Å². The number of benzene rings is 4. The number of nitrogens with one attached hydrogen (secondary N) is 1. The molecule has 3 aromatic carbocycles. The van der Waals surface area contributed by atoms with Crippen LogP contribution in [0.1, 0.15) is 20.7 Å². The van der Waals surface area contributed by atoms with Gasteiger partial charge in [-0.3, -0.25) is 9.59 Å². The van der Waals surface area contributed by atoms with Crippen molar-refractivity contribution in [3.05, 3.63) is 114 Å². The van der Waals surface area contributed by atoms with Crippen molar-refractivity contribution in [1.82, 2.24) is 9.71 Å². The van der Waals surface area contributed by atoms with E-state index in [0.29, 0.717) is 39.2 Å². The molecule has 0 unspecified atom stereocenters. The van der Waals surface area contributed by atoms with Gasteiger partial charge in [-0.2, -0.15) is 4.73 Å². The number of rotatable bonds is 3. The van der Waals surface area contributed by atoms with Gasteiger partial charge in [0, 0.05) is 11.1 Å². The highest BCUT2D eigenvalue weighted by molar-refractivity contribution is 6.04. The Balaban J connectivity index is 1.70. The summed E-state index contributed by atoms with van der Waals surface area (Å²) in [6.07, 6.45) is 0. The third kappa shape index (κ3) is 3.95. The molecule has 0 saturated carbocycles. The van der Waals surface area contributed by atoms with Crippen molar-refractivity contribution in [2.45, 2.75) is 0 Å². The summed E-state index contributed by atoms with van der Waals surface area (Å²) in [5.41, 5.74) is 3.05. The fourth-order valence-electron chi connectivity index (χ4n) is 3.55. The van der Waals surface area contributed by atoms with Crippen LogP contribution in [0.4, 0.5) is 5.69 Å². The van der Waals surface area contributed by atoms with E-state index in [-0.39, 0.29) is 11.3 Å². The number of carbonyl (C=O) groups is 2. The topological polar surface area (TPSA) is 96.6 Å². The van der Waals surface area contributed by atoms with Gasteiger partial charge in [-0.1, -0.05) is 48.5 Å². The Labute approximate surface area is 188 Å². The number of carbonyl (C=O) groups excluding carboxylic acids is 2.